The fourth-order valence-corrected chi connectivity index (χ4v) is 2.14. The molecule has 1 aliphatic heterocycles. The maximum Gasteiger partial charge on any atom is 0.243 e. The van der Waals surface area contributed by atoms with Gasteiger partial charge >= 0.3 is 0 Å². The van der Waals surface area contributed by atoms with E-state index in [9.17, 15) is 14.4 Å². The average molecular weight is 269 g/mol. The van der Waals surface area contributed by atoms with Gasteiger partial charge in [0.15, 0.2) is 0 Å². The van der Waals surface area contributed by atoms with Crippen LogP contribution < -0.4 is 16.4 Å². The Morgan fingerprint density at radius 3 is 2.68 bits per heavy atom. The van der Waals surface area contributed by atoms with Crippen LogP contribution in [-0.2, 0) is 14.4 Å². The molecule has 1 heterocycles. The van der Waals surface area contributed by atoms with E-state index in [0.717, 1.165) is 25.7 Å². The molecule has 0 aliphatic carbocycles. The van der Waals surface area contributed by atoms with Gasteiger partial charge in [0.1, 0.15) is 12.1 Å². The van der Waals surface area contributed by atoms with Gasteiger partial charge in [0.05, 0.1) is 0 Å². The smallest absolute Gasteiger partial charge is 0.243 e. The van der Waals surface area contributed by atoms with Gasteiger partial charge in [-0.1, -0.05) is 32.6 Å². The molecule has 1 saturated heterocycles. The number of rotatable bonds is 8. The Morgan fingerprint density at radius 1 is 1.42 bits per heavy atom. The first-order chi connectivity index (χ1) is 9.04. The minimum atomic E-state index is -0.637. The Hall–Kier alpha value is -1.59. The molecule has 3 amide bonds. The highest BCUT2D eigenvalue weighted by Crippen LogP contribution is 2.09. The molecule has 1 fully saturated rings. The molecule has 0 aromatic rings. The van der Waals surface area contributed by atoms with Crippen LogP contribution in [0.25, 0.3) is 0 Å². The summed E-state index contributed by atoms with van der Waals surface area (Å²) in [6.07, 6.45) is 5.50. The van der Waals surface area contributed by atoms with Gasteiger partial charge in [0.2, 0.25) is 17.7 Å². The van der Waals surface area contributed by atoms with Crippen molar-refractivity contribution in [3.63, 3.8) is 0 Å². The molecular weight excluding hydrogens is 246 g/mol. The number of carbonyl (C=O) groups is 3. The molecule has 0 saturated carbocycles. The van der Waals surface area contributed by atoms with Crippen LogP contribution in [0.15, 0.2) is 0 Å². The molecule has 108 valence electrons. The third-order valence-electron chi connectivity index (χ3n) is 3.32. The lowest BCUT2D eigenvalue weighted by Crippen LogP contribution is -2.50. The van der Waals surface area contributed by atoms with E-state index in [1.165, 1.54) is 0 Å². The minimum absolute atomic E-state index is 0.126. The van der Waals surface area contributed by atoms with Crippen LogP contribution in [0.1, 0.15) is 51.9 Å². The van der Waals surface area contributed by atoms with Crippen molar-refractivity contribution in [2.24, 2.45) is 5.73 Å². The number of carbonyl (C=O) groups excluding carboxylic acids is 3. The number of primary amides is 1. The molecule has 1 rings (SSSR count). The molecule has 0 unspecified atom stereocenters. The molecule has 0 spiro atoms. The van der Waals surface area contributed by atoms with Crippen LogP contribution in [-0.4, -0.2) is 29.8 Å². The van der Waals surface area contributed by atoms with Crippen LogP contribution in [0.3, 0.4) is 0 Å². The standard InChI is InChI=1S/C13H23N3O3/c1-2-3-4-5-6-9(12(14)18)16-13(19)10-7-8-11(17)15-10/h9-10H,2-8H2,1H3,(H2,14,18)(H,15,17)(H,16,19)/t9-,10-/m0/s1. The summed E-state index contributed by atoms with van der Waals surface area (Å²) in [7, 11) is 0. The number of hydrogen-bond acceptors (Lipinski definition) is 3. The SMILES string of the molecule is CCCCCC[C@H](NC(=O)[C@@H]1CCC(=O)N1)C(N)=O. The normalized spacial score (nSPS) is 19.8. The summed E-state index contributed by atoms with van der Waals surface area (Å²) < 4.78 is 0. The highest BCUT2D eigenvalue weighted by Gasteiger charge is 2.29. The zero-order chi connectivity index (χ0) is 14.3. The highest BCUT2D eigenvalue weighted by molar-refractivity contribution is 5.93. The van der Waals surface area contributed by atoms with Crippen LogP contribution in [0.2, 0.25) is 0 Å². The van der Waals surface area contributed by atoms with Crippen LogP contribution in [0, 0.1) is 0 Å². The average Bonchev–Trinajstić information content (AvgIpc) is 2.79. The number of unbranched alkanes of at least 4 members (excludes halogenated alkanes) is 3. The first kappa shape index (κ1) is 15.5. The van der Waals surface area contributed by atoms with Crippen LogP contribution in [0.5, 0.6) is 0 Å². The van der Waals surface area contributed by atoms with Crippen molar-refractivity contribution in [1.29, 1.82) is 0 Å². The van der Waals surface area contributed by atoms with Crippen molar-refractivity contribution in [3.8, 4) is 0 Å². The van der Waals surface area contributed by atoms with E-state index < -0.39 is 18.0 Å². The van der Waals surface area contributed by atoms with Crippen molar-refractivity contribution in [2.75, 3.05) is 0 Å². The second-order valence-corrected chi connectivity index (χ2v) is 4.97. The maximum absolute atomic E-state index is 11.9. The van der Waals surface area contributed by atoms with E-state index in [-0.39, 0.29) is 11.8 Å². The Bertz CT molecular complexity index is 344. The second-order valence-electron chi connectivity index (χ2n) is 4.97. The molecular formula is C13H23N3O3. The van der Waals surface area contributed by atoms with Crippen molar-refractivity contribution in [3.05, 3.63) is 0 Å². The third kappa shape index (κ3) is 5.28. The summed E-state index contributed by atoms with van der Waals surface area (Å²) in [4.78, 5) is 34.2. The minimum Gasteiger partial charge on any atom is -0.368 e. The summed E-state index contributed by atoms with van der Waals surface area (Å²) in [6, 6.07) is -1.16. The van der Waals surface area contributed by atoms with Gasteiger partial charge in [-0.25, -0.2) is 0 Å². The van der Waals surface area contributed by atoms with Crippen molar-refractivity contribution in [1.82, 2.24) is 10.6 Å². The zero-order valence-corrected chi connectivity index (χ0v) is 11.4. The predicted octanol–water partition coefficient (Wildman–Crippen LogP) is 0.206. The topological polar surface area (TPSA) is 101 Å². The van der Waals surface area contributed by atoms with Gasteiger partial charge in [-0.3, -0.25) is 14.4 Å². The van der Waals surface area contributed by atoms with Gasteiger partial charge < -0.3 is 16.4 Å². The van der Waals surface area contributed by atoms with E-state index in [2.05, 4.69) is 17.6 Å². The van der Waals surface area contributed by atoms with Gasteiger partial charge in [0, 0.05) is 6.42 Å². The Labute approximate surface area is 113 Å². The molecule has 6 heteroatoms. The van der Waals surface area contributed by atoms with E-state index in [0.29, 0.717) is 19.3 Å². The maximum atomic E-state index is 11.9. The van der Waals surface area contributed by atoms with E-state index in [1.807, 2.05) is 0 Å². The predicted molar refractivity (Wildman–Crippen MR) is 71.0 cm³/mol. The first-order valence-corrected chi connectivity index (χ1v) is 6.93. The molecule has 2 atom stereocenters. The third-order valence-corrected chi connectivity index (χ3v) is 3.32. The monoisotopic (exact) mass is 269 g/mol. The fraction of sp³-hybridized carbons (Fsp3) is 0.769. The summed E-state index contributed by atoms with van der Waals surface area (Å²) in [5.74, 6) is -0.960. The molecule has 0 radical (unpaired) electrons. The van der Waals surface area contributed by atoms with Crippen molar-refractivity contribution in [2.45, 2.75) is 64.0 Å². The largest absolute Gasteiger partial charge is 0.368 e. The number of hydrogen-bond donors (Lipinski definition) is 3. The Balaban J connectivity index is 2.37. The lowest BCUT2D eigenvalue weighted by molar-refractivity contribution is -0.129. The summed E-state index contributed by atoms with van der Waals surface area (Å²) in [5.41, 5.74) is 5.28. The van der Waals surface area contributed by atoms with Gasteiger partial charge in [0.25, 0.3) is 0 Å². The Kier molecular flexibility index (Phi) is 6.32. The number of nitrogens with one attached hydrogen (secondary N) is 2. The first-order valence-electron chi connectivity index (χ1n) is 6.93. The molecule has 19 heavy (non-hydrogen) atoms. The number of nitrogens with two attached hydrogens (primary N) is 1. The van der Waals surface area contributed by atoms with Crippen molar-refractivity contribution >= 4 is 17.7 Å². The van der Waals surface area contributed by atoms with E-state index in [1.54, 1.807) is 0 Å². The molecule has 4 N–H and O–H groups in total. The summed E-state index contributed by atoms with van der Waals surface area (Å²) >= 11 is 0. The summed E-state index contributed by atoms with van der Waals surface area (Å²) in [5, 5.41) is 5.20. The molecule has 0 aromatic heterocycles. The Morgan fingerprint density at radius 2 is 2.16 bits per heavy atom. The van der Waals surface area contributed by atoms with Crippen molar-refractivity contribution < 1.29 is 14.4 Å². The molecule has 0 aromatic carbocycles. The van der Waals surface area contributed by atoms with Gasteiger partial charge in [-0.15, -0.1) is 0 Å². The summed E-state index contributed by atoms with van der Waals surface area (Å²) in [6.45, 7) is 2.11. The molecule has 1 aliphatic rings. The van der Waals surface area contributed by atoms with Crippen LogP contribution >= 0.6 is 0 Å². The molecule has 0 bridgehead atoms. The molecule has 6 nitrogen and oxygen atoms in total. The van der Waals surface area contributed by atoms with Gasteiger partial charge in [-0.2, -0.15) is 0 Å². The fourth-order valence-electron chi connectivity index (χ4n) is 2.14. The number of amides is 3. The van der Waals surface area contributed by atoms with E-state index >= 15 is 0 Å². The lowest BCUT2D eigenvalue weighted by atomic mass is 10.1. The second kappa shape index (κ2) is 7.76. The quantitative estimate of drug-likeness (QED) is 0.549. The lowest BCUT2D eigenvalue weighted by Gasteiger charge is -2.18. The van der Waals surface area contributed by atoms with Gasteiger partial charge in [-0.05, 0) is 12.8 Å². The van der Waals surface area contributed by atoms with Crippen LogP contribution in [0.4, 0.5) is 0 Å². The zero-order valence-electron chi connectivity index (χ0n) is 11.4. The van der Waals surface area contributed by atoms with E-state index in [4.69, 9.17) is 5.73 Å². The highest BCUT2D eigenvalue weighted by atomic mass is 16.2.